The highest BCUT2D eigenvalue weighted by Crippen LogP contribution is 2.33. The van der Waals surface area contributed by atoms with E-state index in [2.05, 4.69) is 21.2 Å². The van der Waals surface area contributed by atoms with Gasteiger partial charge in [-0.1, -0.05) is 18.2 Å². The molecule has 0 spiro atoms. The van der Waals surface area contributed by atoms with E-state index in [0.717, 1.165) is 16.7 Å². The number of amides is 3. The molecule has 1 N–H and O–H groups in total. The first-order chi connectivity index (χ1) is 13.4. The maximum absolute atomic E-state index is 13.3. The van der Waals surface area contributed by atoms with Crippen molar-refractivity contribution >= 4 is 56.5 Å². The first kappa shape index (κ1) is 20.1. The number of thioether (sulfide) groups is 1. The van der Waals surface area contributed by atoms with Crippen LogP contribution in [0.25, 0.3) is 6.08 Å². The molecule has 3 rings (SSSR count). The highest BCUT2D eigenvalue weighted by atomic mass is 79.9. The number of ether oxygens (including phenoxy) is 1. The van der Waals surface area contributed by atoms with Crippen LogP contribution in [0, 0.1) is 5.82 Å². The molecule has 0 aromatic heterocycles. The van der Waals surface area contributed by atoms with E-state index >= 15 is 0 Å². The molecular weight excluding hydrogens is 451 g/mol. The summed E-state index contributed by atoms with van der Waals surface area (Å²) in [5, 5.41) is 2.07. The Hall–Kier alpha value is -2.65. The van der Waals surface area contributed by atoms with Crippen LogP contribution in [0.5, 0.6) is 5.75 Å². The number of carbonyl (C=O) groups excluding carboxylic acids is 3. The summed E-state index contributed by atoms with van der Waals surface area (Å²) in [6.45, 7) is -0.423. The van der Waals surface area contributed by atoms with Crippen molar-refractivity contribution in [1.82, 2.24) is 4.90 Å². The van der Waals surface area contributed by atoms with Crippen LogP contribution >= 0.6 is 27.7 Å². The maximum Gasteiger partial charge on any atom is 0.294 e. The molecule has 1 aliphatic rings. The van der Waals surface area contributed by atoms with Gasteiger partial charge in [0, 0.05) is 0 Å². The van der Waals surface area contributed by atoms with Crippen LogP contribution in [0.2, 0.25) is 0 Å². The summed E-state index contributed by atoms with van der Waals surface area (Å²) in [4.78, 5) is 38.0. The molecular formula is C19H14BrFN2O4S. The van der Waals surface area contributed by atoms with Crippen LogP contribution in [0.4, 0.5) is 14.9 Å². The third kappa shape index (κ3) is 4.42. The number of para-hydroxylation sites is 2. The second-order valence-electron chi connectivity index (χ2n) is 5.69. The highest BCUT2D eigenvalue weighted by Gasteiger charge is 2.36. The minimum Gasteiger partial charge on any atom is -0.495 e. The van der Waals surface area contributed by atoms with Gasteiger partial charge < -0.3 is 10.1 Å². The summed E-state index contributed by atoms with van der Waals surface area (Å²) >= 11 is 3.80. The van der Waals surface area contributed by atoms with Crippen LogP contribution in [0.1, 0.15) is 5.56 Å². The van der Waals surface area contributed by atoms with E-state index in [1.165, 1.54) is 31.4 Å². The van der Waals surface area contributed by atoms with E-state index in [1.54, 1.807) is 24.3 Å². The topological polar surface area (TPSA) is 75.7 Å². The second kappa shape index (κ2) is 8.57. The van der Waals surface area contributed by atoms with E-state index < -0.39 is 29.4 Å². The Bertz CT molecular complexity index is 996. The van der Waals surface area contributed by atoms with Gasteiger partial charge in [0.25, 0.3) is 11.1 Å². The van der Waals surface area contributed by atoms with Gasteiger partial charge in [-0.25, -0.2) is 4.39 Å². The standard InChI is InChI=1S/C19H14BrFN2O4S/c1-27-15-5-3-2-4-14(15)22-17(24)10-23-18(25)16(28-19(23)26)9-11-6-7-13(21)12(20)8-11/h2-9H,10H2,1H3,(H,22,24)/b16-9+. The van der Waals surface area contributed by atoms with Crippen molar-refractivity contribution in [2.45, 2.75) is 0 Å². The van der Waals surface area contributed by atoms with Crippen molar-refractivity contribution in [3.63, 3.8) is 0 Å². The molecule has 28 heavy (non-hydrogen) atoms. The lowest BCUT2D eigenvalue weighted by Gasteiger charge is -2.14. The Labute approximate surface area is 172 Å². The quantitative estimate of drug-likeness (QED) is 0.668. The smallest absolute Gasteiger partial charge is 0.294 e. The molecule has 2 aromatic rings. The Balaban J connectivity index is 1.72. The van der Waals surface area contributed by atoms with Gasteiger partial charge in [-0.3, -0.25) is 19.3 Å². The van der Waals surface area contributed by atoms with E-state index in [0.29, 0.717) is 17.0 Å². The average Bonchev–Trinajstić information content (AvgIpc) is 2.92. The molecule has 2 aromatic carbocycles. The van der Waals surface area contributed by atoms with Crippen molar-refractivity contribution in [3.8, 4) is 5.75 Å². The number of imide groups is 1. The number of anilines is 1. The number of halogens is 2. The normalized spacial score (nSPS) is 15.2. The Kier molecular flexibility index (Phi) is 6.15. The monoisotopic (exact) mass is 464 g/mol. The van der Waals surface area contributed by atoms with Gasteiger partial charge in [0.15, 0.2) is 0 Å². The molecule has 9 heteroatoms. The summed E-state index contributed by atoms with van der Waals surface area (Å²) in [6.07, 6.45) is 1.48. The largest absolute Gasteiger partial charge is 0.495 e. The van der Waals surface area contributed by atoms with Gasteiger partial charge in [0.1, 0.15) is 18.1 Å². The number of hydrogen-bond acceptors (Lipinski definition) is 5. The minimum atomic E-state index is -0.578. The molecule has 1 fully saturated rings. The second-order valence-corrected chi connectivity index (χ2v) is 7.54. The highest BCUT2D eigenvalue weighted by molar-refractivity contribution is 9.10. The first-order valence-electron chi connectivity index (χ1n) is 8.02. The van der Waals surface area contributed by atoms with E-state index in [9.17, 15) is 18.8 Å². The summed E-state index contributed by atoms with van der Waals surface area (Å²) in [5.41, 5.74) is 0.992. The number of methoxy groups -OCH3 is 1. The zero-order valence-electron chi connectivity index (χ0n) is 14.6. The van der Waals surface area contributed by atoms with Gasteiger partial charge in [-0.2, -0.15) is 0 Å². The molecule has 0 radical (unpaired) electrons. The SMILES string of the molecule is COc1ccccc1NC(=O)CN1C(=O)S/C(=C/c2ccc(F)c(Br)c2)C1=O. The fraction of sp³-hybridized carbons (Fsp3) is 0.105. The minimum absolute atomic E-state index is 0.161. The number of rotatable bonds is 5. The summed E-state index contributed by atoms with van der Waals surface area (Å²) < 4.78 is 18.7. The van der Waals surface area contributed by atoms with E-state index in [1.807, 2.05) is 0 Å². The molecule has 3 amide bonds. The number of hydrogen-bond donors (Lipinski definition) is 1. The molecule has 1 heterocycles. The summed E-state index contributed by atoms with van der Waals surface area (Å²) in [7, 11) is 1.47. The van der Waals surface area contributed by atoms with Crippen LogP contribution in [0.3, 0.4) is 0 Å². The third-order valence-electron chi connectivity index (χ3n) is 3.80. The molecule has 6 nitrogen and oxygen atoms in total. The number of nitrogens with one attached hydrogen (secondary N) is 1. The van der Waals surface area contributed by atoms with E-state index in [4.69, 9.17) is 4.74 Å². The van der Waals surface area contributed by atoms with Crippen LogP contribution in [0.15, 0.2) is 51.8 Å². The van der Waals surface area contributed by atoms with E-state index in [-0.39, 0.29) is 9.38 Å². The van der Waals surface area contributed by atoms with Gasteiger partial charge in [0.2, 0.25) is 5.91 Å². The predicted molar refractivity (Wildman–Crippen MR) is 108 cm³/mol. The molecule has 0 bridgehead atoms. The lowest BCUT2D eigenvalue weighted by Crippen LogP contribution is -2.36. The van der Waals surface area contributed by atoms with Crippen LogP contribution in [-0.4, -0.2) is 35.6 Å². The molecule has 1 aliphatic heterocycles. The van der Waals surface area contributed by atoms with Crippen LogP contribution in [-0.2, 0) is 9.59 Å². The van der Waals surface area contributed by atoms with Gasteiger partial charge in [0.05, 0.1) is 22.2 Å². The first-order valence-corrected chi connectivity index (χ1v) is 9.63. The Morgan fingerprint density at radius 3 is 2.75 bits per heavy atom. The summed E-state index contributed by atoms with van der Waals surface area (Å²) in [5.74, 6) is -1.08. The van der Waals surface area contributed by atoms with Gasteiger partial charge in [-0.05, 0) is 63.6 Å². The zero-order chi connectivity index (χ0) is 20.3. The van der Waals surface area contributed by atoms with Gasteiger partial charge >= 0.3 is 0 Å². The fourth-order valence-corrected chi connectivity index (χ4v) is 3.71. The van der Waals surface area contributed by atoms with Crippen molar-refractivity contribution in [2.75, 3.05) is 19.0 Å². The van der Waals surface area contributed by atoms with Crippen LogP contribution < -0.4 is 10.1 Å². The van der Waals surface area contributed by atoms with Gasteiger partial charge in [-0.15, -0.1) is 0 Å². The molecule has 0 unspecified atom stereocenters. The van der Waals surface area contributed by atoms with Crippen molar-refractivity contribution in [2.24, 2.45) is 0 Å². The van der Waals surface area contributed by atoms with Crippen molar-refractivity contribution < 1.29 is 23.5 Å². The zero-order valence-corrected chi connectivity index (χ0v) is 17.0. The van der Waals surface area contributed by atoms with Crippen molar-refractivity contribution in [3.05, 3.63) is 63.2 Å². The Morgan fingerprint density at radius 2 is 2.04 bits per heavy atom. The molecule has 0 atom stereocenters. The molecule has 0 aliphatic carbocycles. The average molecular weight is 465 g/mol. The predicted octanol–water partition coefficient (Wildman–Crippen LogP) is 4.27. The maximum atomic E-state index is 13.3. The third-order valence-corrected chi connectivity index (χ3v) is 5.31. The number of carbonyl (C=O) groups is 3. The molecule has 1 saturated heterocycles. The lowest BCUT2D eigenvalue weighted by molar-refractivity contribution is -0.127. The summed E-state index contributed by atoms with van der Waals surface area (Å²) in [6, 6.07) is 11.0. The number of nitrogens with zero attached hydrogens (tertiary/aromatic N) is 1. The molecule has 0 saturated carbocycles. The lowest BCUT2D eigenvalue weighted by atomic mass is 10.2. The number of benzene rings is 2. The Morgan fingerprint density at radius 1 is 1.29 bits per heavy atom. The fourth-order valence-electron chi connectivity index (χ4n) is 2.47. The van der Waals surface area contributed by atoms with Crippen molar-refractivity contribution in [1.29, 1.82) is 0 Å². The molecule has 144 valence electrons.